The van der Waals surface area contributed by atoms with Crippen LogP contribution in [0.4, 0.5) is 8.78 Å². The number of ether oxygens (including phenoxy) is 1. The summed E-state index contributed by atoms with van der Waals surface area (Å²) < 4.78 is 28.3. The second-order valence-electron chi connectivity index (χ2n) is 4.40. The number of ketones is 1. The van der Waals surface area contributed by atoms with Gasteiger partial charge in [0.1, 0.15) is 5.75 Å². The van der Waals surface area contributed by atoms with E-state index in [1.807, 2.05) is 0 Å². The minimum absolute atomic E-state index is 0.0132. The van der Waals surface area contributed by atoms with E-state index < -0.39 is 12.6 Å². The van der Waals surface area contributed by atoms with Crippen molar-refractivity contribution in [3.05, 3.63) is 59.7 Å². The summed E-state index contributed by atoms with van der Waals surface area (Å²) in [5, 5.41) is 11.0. The summed E-state index contributed by atoms with van der Waals surface area (Å²) in [6, 6.07) is 11.5. The summed E-state index contributed by atoms with van der Waals surface area (Å²) in [5.41, 5.74) is 0.344. The van der Waals surface area contributed by atoms with Crippen molar-refractivity contribution in [3.63, 3.8) is 0 Å². The van der Waals surface area contributed by atoms with Crippen molar-refractivity contribution < 1.29 is 28.2 Å². The highest BCUT2D eigenvalue weighted by molar-refractivity contribution is 8.00. The lowest BCUT2D eigenvalue weighted by atomic mass is 10.1. The third-order valence-electron chi connectivity index (χ3n) is 2.87. The van der Waals surface area contributed by atoms with E-state index in [1.165, 1.54) is 30.3 Å². The topological polar surface area (TPSA) is 66.4 Å². The van der Waals surface area contributed by atoms with E-state index in [1.54, 1.807) is 18.2 Å². The molecule has 23 heavy (non-hydrogen) atoms. The van der Waals surface area contributed by atoms with Gasteiger partial charge in [-0.25, -0.2) is 0 Å². The van der Waals surface area contributed by atoms with E-state index in [0.29, 0.717) is 10.5 Å². The zero-order valence-corrected chi connectivity index (χ0v) is 12.5. The Bertz CT molecular complexity index is 701. The van der Waals surface area contributed by atoms with E-state index in [9.17, 15) is 23.5 Å². The maximum atomic E-state index is 12.1. The molecule has 0 unspecified atom stereocenters. The van der Waals surface area contributed by atoms with Crippen molar-refractivity contribution in [3.8, 4) is 5.75 Å². The molecule has 0 aliphatic rings. The fourth-order valence-corrected chi connectivity index (χ4v) is 2.74. The Morgan fingerprint density at radius 1 is 1.09 bits per heavy atom. The number of Topliss-reactive ketones (excluding diaryl/α,β-unsaturated/α-hetero) is 1. The molecule has 2 aromatic rings. The molecule has 0 atom stereocenters. The van der Waals surface area contributed by atoms with Gasteiger partial charge in [0.25, 0.3) is 0 Å². The van der Waals surface area contributed by atoms with Crippen LogP contribution >= 0.6 is 11.8 Å². The Morgan fingerprint density at radius 2 is 1.74 bits per heavy atom. The third-order valence-corrected chi connectivity index (χ3v) is 3.94. The molecule has 2 rings (SSSR count). The number of carboxylic acid groups (broad SMARTS) is 1. The van der Waals surface area contributed by atoms with Gasteiger partial charge in [-0.1, -0.05) is 18.2 Å². The third kappa shape index (κ3) is 4.79. The number of carbonyl (C=O) groups excluding carboxylic acids is 2. The van der Waals surface area contributed by atoms with Crippen molar-refractivity contribution in [1.29, 1.82) is 0 Å². The fraction of sp³-hybridized carbons (Fsp3) is 0.125. The molecular weight excluding hydrogens is 326 g/mol. The van der Waals surface area contributed by atoms with Crippen LogP contribution in [0.1, 0.15) is 20.7 Å². The van der Waals surface area contributed by atoms with Crippen molar-refractivity contribution >= 4 is 23.5 Å². The molecule has 7 heteroatoms. The zero-order chi connectivity index (χ0) is 16.8. The number of rotatable bonds is 7. The van der Waals surface area contributed by atoms with Gasteiger partial charge >= 0.3 is 6.61 Å². The Labute approximate surface area is 135 Å². The molecule has 2 aromatic carbocycles. The second kappa shape index (κ2) is 7.73. The first-order chi connectivity index (χ1) is 11.0. The van der Waals surface area contributed by atoms with Crippen molar-refractivity contribution in [2.45, 2.75) is 11.5 Å². The minimum Gasteiger partial charge on any atom is -0.545 e. The lowest BCUT2D eigenvalue weighted by Crippen LogP contribution is -2.23. The van der Waals surface area contributed by atoms with Crippen LogP contribution in [0.5, 0.6) is 5.75 Å². The Balaban J connectivity index is 2.01. The molecule has 4 nitrogen and oxygen atoms in total. The molecule has 0 bridgehead atoms. The first-order valence-electron chi connectivity index (χ1n) is 6.48. The summed E-state index contributed by atoms with van der Waals surface area (Å²) in [6.07, 6.45) is 0. The van der Waals surface area contributed by atoms with Gasteiger partial charge in [-0.15, -0.1) is 11.8 Å². The van der Waals surface area contributed by atoms with Gasteiger partial charge in [0, 0.05) is 16.0 Å². The maximum absolute atomic E-state index is 12.1. The number of benzene rings is 2. The molecule has 120 valence electrons. The number of hydrogen-bond donors (Lipinski definition) is 0. The van der Waals surface area contributed by atoms with Crippen molar-refractivity contribution in [2.24, 2.45) is 0 Å². The van der Waals surface area contributed by atoms with Gasteiger partial charge in [-0.05, 0) is 30.3 Å². The summed E-state index contributed by atoms with van der Waals surface area (Å²) in [6.45, 7) is -2.92. The monoisotopic (exact) mass is 337 g/mol. The Kier molecular flexibility index (Phi) is 5.70. The summed E-state index contributed by atoms with van der Waals surface area (Å²) in [4.78, 5) is 23.5. The molecule has 0 saturated heterocycles. The van der Waals surface area contributed by atoms with Gasteiger partial charge in [0.15, 0.2) is 5.78 Å². The predicted molar refractivity (Wildman–Crippen MR) is 78.9 cm³/mol. The van der Waals surface area contributed by atoms with E-state index >= 15 is 0 Å². The molecule has 0 fully saturated rings. The summed E-state index contributed by atoms with van der Waals surface area (Å²) in [5.74, 6) is -1.59. The highest BCUT2D eigenvalue weighted by Gasteiger charge is 2.10. The molecule has 0 N–H and O–H groups in total. The van der Waals surface area contributed by atoms with Gasteiger partial charge in [-0.3, -0.25) is 4.79 Å². The summed E-state index contributed by atoms with van der Waals surface area (Å²) in [7, 11) is 0. The summed E-state index contributed by atoms with van der Waals surface area (Å²) >= 11 is 1.07. The molecule has 0 aliphatic heterocycles. The van der Waals surface area contributed by atoms with Crippen LogP contribution in [-0.2, 0) is 0 Å². The minimum atomic E-state index is -2.92. The maximum Gasteiger partial charge on any atom is 0.387 e. The molecule has 0 radical (unpaired) electrons. The lowest BCUT2D eigenvalue weighted by Gasteiger charge is -2.09. The first kappa shape index (κ1) is 17.0. The van der Waals surface area contributed by atoms with Crippen molar-refractivity contribution in [1.82, 2.24) is 0 Å². The number of carboxylic acids is 1. The number of carbonyl (C=O) groups is 2. The predicted octanol–water partition coefficient (Wildman–Crippen LogP) is 2.63. The van der Waals surface area contributed by atoms with Crippen LogP contribution in [-0.4, -0.2) is 24.1 Å². The van der Waals surface area contributed by atoms with Crippen LogP contribution in [0, 0.1) is 0 Å². The van der Waals surface area contributed by atoms with E-state index in [2.05, 4.69) is 4.74 Å². The average Bonchev–Trinajstić information content (AvgIpc) is 2.53. The molecule has 0 saturated carbocycles. The van der Waals surface area contributed by atoms with Crippen LogP contribution < -0.4 is 9.84 Å². The fourth-order valence-electron chi connectivity index (χ4n) is 1.81. The smallest absolute Gasteiger partial charge is 0.387 e. The standard InChI is InChI=1S/C16H12F2O4S/c17-16(18)22-11-7-5-10(6-8-11)13(19)9-23-14-4-2-1-3-12(14)15(20)21/h1-8,16H,9H2,(H,20,21)/p-1. The molecular formula is C16H11F2O4S-. The SMILES string of the molecule is O=C(CSc1ccccc1C(=O)[O-])c1ccc(OC(F)F)cc1. The quantitative estimate of drug-likeness (QED) is 0.574. The highest BCUT2D eigenvalue weighted by atomic mass is 32.2. The van der Waals surface area contributed by atoms with E-state index in [-0.39, 0.29) is 22.8 Å². The van der Waals surface area contributed by atoms with E-state index in [0.717, 1.165) is 11.8 Å². The molecule has 0 aromatic heterocycles. The molecule has 0 amide bonds. The number of aromatic carboxylic acids is 1. The number of alkyl halides is 2. The van der Waals surface area contributed by atoms with Crippen LogP contribution in [0.15, 0.2) is 53.4 Å². The van der Waals surface area contributed by atoms with Gasteiger partial charge < -0.3 is 14.6 Å². The van der Waals surface area contributed by atoms with Crippen molar-refractivity contribution in [2.75, 3.05) is 5.75 Å². The van der Waals surface area contributed by atoms with Crippen LogP contribution in [0.2, 0.25) is 0 Å². The zero-order valence-electron chi connectivity index (χ0n) is 11.7. The van der Waals surface area contributed by atoms with Crippen LogP contribution in [0.25, 0.3) is 0 Å². The number of thioether (sulfide) groups is 1. The molecule has 0 spiro atoms. The van der Waals surface area contributed by atoms with Crippen LogP contribution in [0.3, 0.4) is 0 Å². The first-order valence-corrected chi connectivity index (χ1v) is 7.47. The van der Waals surface area contributed by atoms with Gasteiger partial charge in [0.2, 0.25) is 0 Å². The number of hydrogen-bond acceptors (Lipinski definition) is 5. The Morgan fingerprint density at radius 3 is 2.35 bits per heavy atom. The number of halogens is 2. The average molecular weight is 337 g/mol. The highest BCUT2D eigenvalue weighted by Crippen LogP contribution is 2.24. The van der Waals surface area contributed by atoms with E-state index in [4.69, 9.17) is 0 Å². The van der Waals surface area contributed by atoms with Gasteiger partial charge in [-0.2, -0.15) is 8.78 Å². The Hall–Kier alpha value is -2.41. The second-order valence-corrected chi connectivity index (χ2v) is 5.42. The normalized spacial score (nSPS) is 10.6. The largest absolute Gasteiger partial charge is 0.545 e. The van der Waals surface area contributed by atoms with Gasteiger partial charge in [0.05, 0.1) is 11.7 Å². The lowest BCUT2D eigenvalue weighted by molar-refractivity contribution is -0.255. The molecule has 0 heterocycles. The molecule has 0 aliphatic carbocycles.